The molecule has 0 amide bonds. The molecule has 0 atom stereocenters. The highest BCUT2D eigenvalue weighted by Crippen LogP contribution is 2.25. The van der Waals surface area contributed by atoms with Crippen LogP contribution in [0.5, 0.6) is 0 Å². The van der Waals surface area contributed by atoms with Crippen molar-refractivity contribution in [1.29, 1.82) is 0 Å². The molecule has 2 nitrogen and oxygen atoms in total. The summed E-state index contributed by atoms with van der Waals surface area (Å²) in [5, 5.41) is 4.15. The summed E-state index contributed by atoms with van der Waals surface area (Å²) in [5.41, 5.74) is 0.926. The zero-order valence-electron chi connectivity index (χ0n) is 11.6. The minimum atomic E-state index is 0.0355. The molecule has 1 N–H and O–H groups in total. The van der Waals surface area contributed by atoms with E-state index in [-0.39, 0.29) is 9.52 Å². The first kappa shape index (κ1) is 15.1. The standard InChI is InChI=1S/C12H30N2Si/c1-7-14(8-2)10-13-9-12(5,6)15-11(3)4/h11,13H,7-10,15H2,1-6H3. The number of rotatable bonds is 8. The van der Waals surface area contributed by atoms with Gasteiger partial charge in [0.15, 0.2) is 0 Å². The van der Waals surface area contributed by atoms with Crippen LogP contribution in [-0.2, 0) is 0 Å². The van der Waals surface area contributed by atoms with Crippen LogP contribution in [0.25, 0.3) is 0 Å². The van der Waals surface area contributed by atoms with E-state index in [1.54, 1.807) is 0 Å². The first-order chi connectivity index (χ1) is 6.91. The molecule has 0 aromatic heterocycles. The lowest BCUT2D eigenvalue weighted by Gasteiger charge is -2.28. The maximum absolute atomic E-state index is 3.59. The molecule has 15 heavy (non-hydrogen) atoms. The molecule has 0 unspecified atom stereocenters. The first-order valence-electron chi connectivity index (χ1n) is 6.34. The zero-order chi connectivity index (χ0) is 11.9. The predicted octanol–water partition coefficient (Wildman–Crippen LogP) is 2.07. The van der Waals surface area contributed by atoms with Crippen LogP contribution < -0.4 is 5.32 Å². The lowest BCUT2D eigenvalue weighted by molar-refractivity contribution is 0.274. The maximum Gasteiger partial charge on any atom is 0.0480 e. The minimum absolute atomic E-state index is 0.0355. The van der Waals surface area contributed by atoms with E-state index < -0.39 is 0 Å². The Bertz CT molecular complexity index is 154. The lowest BCUT2D eigenvalue weighted by atomic mass is 10.2. The monoisotopic (exact) mass is 230 g/mol. The largest absolute Gasteiger partial charge is 0.304 e. The van der Waals surface area contributed by atoms with Gasteiger partial charge in [-0.15, -0.1) is 0 Å². The molecule has 0 aromatic rings. The third kappa shape index (κ3) is 8.00. The van der Waals surface area contributed by atoms with Gasteiger partial charge in [0.2, 0.25) is 0 Å². The fraction of sp³-hybridized carbons (Fsp3) is 1.00. The summed E-state index contributed by atoms with van der Waals surface area (Å²) >= 11 is 0. The smallest absolute Gasteiger partial charge is 0.0480 e. The molecule has 0 saturated carbocycles. The molecule has 3 heteroatoms. The van der Waals surface area contributed by atoms with E-state index >= 15 is 0 Å². The van der Waals surface area contributed by atoms with Crippen molar-refractivity contribution in [2.75, 3.05) is 26.3 Å². The van der Waals surface area contributed by atoms with E-state index in [1.165, 1.54) is 6.54 Å². The van der Waals surface area contributed by atoms with E-state index in [9.17, 15) is 0 Å². The highest BCUT2D eigenvalue weighted by molar-refractivity contribution is 6.41. The highest BCUT2D eigenvalue weighted by atomic mass is 28.2. The second-order valence-corrected chi connectivity index (χ2v) is 9.61. The molecule has 0 saturated heterocycles. The van der Waals surface area contributed by atoms with Crippen molar-refractivity contribution < 1.29 is 0 Å². The van der Waals surface area contributed by atoms with E-state index in [0.29, 0.717) is 5.04 Å². The second-order valence-electron chi connectivity index (χ2n) is 5.65. The topological polar surface area (TPSA) is 15.3 Å². The molecule has 0 fully saturated rings. The van der Waals surface area contributed by atoms with Gasteiger partial charge >= 0.3 is 0 Å². The average molecular weight is 230 g/mol. The molecule has 0 radical (unpaired) electrons. The van der Waals surface area contributed by atoms with E-state index in [2.05, 4.69) is 51.8 Å². The number of nitrogens with zero attached hydrogens (tertiary/aromatic N) is 1. The fourth-order valence-corrected chi connectivity index (χ4v) is 4.71. The van der Waals surface area contributed by atoms with Gasteiger partial charge in [0.25, 0.3) is 0 Å². The lowest BCUT2D eigenvalue weighted by Crippen LogP contribution is -2.38. The van der Waals surface area contributed by atoms with Gasteiger partial charge in [-0.2, -0.15) is 0 Å². The van der Waals surface area contributed by atoms with Gasteiger partial charge in [-0.1, -0.05) is 47.1 Å². The molecular formula is C12H30N2Si. The molecule has 0 rings (SSSR count). The summed E-state index contributed by atoms with van der Waals surface area (Å²) in [6.45, 7) is 18.5. The molecule has 0 aliphatic carbocycles. The summed E-state index contributed by atoms with van der Waals surface area (Å²) in [6, 6.07) is 0. The van der Waals surface area contributed by atoms with Crippen molar-refractivity contribution in [3.05, 3.63) is 0 Å². The Morgan fingerprint density at radius 2 is 1.73 bits per heavy atom. The van der Waals surface area contributed by atoms with Gasteiger partial charge in [0, 0.05) is 16.2 Å². The number of hydrogen-bond acceptors (Lipinski definition) is 2. The van der Waals surface area contributed by atoms with Crippen molar-refractivity contribution >= 4 is 9.52 Å². The van der Waals surface area contributed by atoms with Crippen molar-refractivity contribution in [2.45, 2.75) is 52.1 Å². The number of hydrogen-bond donors (Lipinski definition) is 1. The van der Waals surface area contributed by atoms with Gasteiger partial charge in [0.1, 0.15) is 0 Å². The molecule has 92 valence electrons. The predicted molar refractivity (Wildman–Crippen MR) is 73.5 cm³/mol. The summed E-state index contributed by atoms with van der Waals surface area (Å²) in [6.07, 6.45) is 0. The molecule has 0 aromatic carbocycles. The Morgan fingerprint density at radius 3 is 2.13 bits per heavy atom. The Hall–Kier alpha value is 0.137. The third-order valence-corrected chi connectivity index (χ3v) is 4.97. The van der Waals surface area contributed by atoms with Crippen LogP contribution in [0.1, 0.15) is 41.5 Å². The summed E-state index contributed by atoms with van der Waals surface area (Å²) in [5.74, 6) is 0. The maximum atomic E-state index is 3.59. The molecule has 0 bridgehead atoms. The van der Waals surface area contributed by atoms with Crippen LogP contribution in [-0.4, -0.2) is 40.7 Å². The van der Waals surface area contributed by atoms with Gasteiger partial charge in [-0.25, -0.2) is 0 Å². The minimum Gasteiger partial charge on any atom is -0.304 e. The summed E-state index contributed by atoms with van der Waals surface area (Å²) in [4.78, 5) is 2.42. The van der Waals surface area contributed by atoms with Crippen LogP contribution in [0, 0.1) is 0 Å². The van der Waals surface area contributed by atoms with Crippen LogP contribution in [0.3, 0.4) is 0 Å². The van der Waals surface area contributed by atoms with Crippen molar-refractivity contribution in [2.24, 2.45) is 0 Å². The second kappa shape index (κ2) is 7.42. The van der Waals surface area contributed by atoms with Crippen LogP contribution in [0.2, 0.25) is 10.6 Å². The van der Waals surface area contributed by atoms with Crippen molar-refractivity contribution in [3.8, 4) is 0 Å². The van der Waals surface area contributed by atoms with Crippen molar-refractivity contribution in [3.63, 3.8) is 0 Å². The SMILES string of the molecule is CCN(CC)CNCC(C)(C)[SiH2]C(C)C. The van der Waals surface area contributed by atoms with E-state index in [4.69, 9.17) is 0 Å². The van der Waals surface area contributed by atoms with E-state index in [1.807, 2.05) is 0 Å². The fourth-order valence-electron chi connectivity index (χ4n) is 2.18. The molecule has 0 aliphatic heterocycles. The van der Waals surface area contributed by atoms with Crippen LogP contribution in [0.15, 0.2) is 0 Å². The van der Waals surface area contributed by atoms with Crippen LogP contribution >= 0.6 is 0 Å². The number of nitrogens with one attached hydrogen (secondary N) is 1. The molecule has 0 spiro atoms. The Labute approximate surface area is 98.6 Å². The quantitative estimate of drug-likeness (QED) is 0.507. The van der Waals surface area contributed by atoms with E-state index in [0.717, 1.165) is 25.3 Å². The third-order valence-electron chi connectivity index (χ3n) is 2.79. The Morgan fingerprint density at radius 1 is 1.20 bits per heavy atom. The van der Waals surface area contributed by atoms with Crippen molar-refractivity contribution in [1.82, 2.24) is 10.2 Å². The first-order valence-corrected chi connectivity index (χ1v) is 7.86. The van der Waals surface area contributed by atoms with Gasteiger partial charge < -0.3 is 5.32 Å². The molecule has 0 heterocycles. The summed E-state index contributed by atoms with van der Waals surface area (Å²) in [7, 11) is 0.0355. The van der Waals surface area contributed by atoms with Gasteiger partial charge in [-0.3, -0.25) is 4.90 Å². The molecular weight excluding hydrogens is 200 g/mol. The molecule has 0 aliphatic rings. The summed E-state index contributed by atoms with van der Waals surface area (Å²) < 4.78 is 0. The van der Waals surface area contributed by atoms with Gasteiger partial charge in [0.05, 0.1) is 0 Å². The normalized spacial score (nSPS) is 13.6. The zero-order valence-corrected chi connectivity index (χ0v) is 13.0. The Kier molecular flexibility index (Phi) is 7.48. The Balaban J connectivity index is 3.73. The highest BCUT2D eigenvalue weighted by Gasteiger charge is 2.19. The average Bonchev–Trinajstić information content (AvgIpc) is 2.10. The van der Waals surface area contributed by atoms with Crippen LogP contribution in [0.4, 0.5) is 0 Å². The van der Waals surface area contributed by atoms with Gasteiger partial charge in [-0.05, 0) is 24.7 Å².